The van der Waals surface area contributed by atoms with Crippen LogP contribution in [0.4, 0.5) is 13.2 Å². The Balaban J connectivity index is 3.08. The minimum absolute atomic E-state index is 0.150. The number of alkyl halides is 3. The van der Waals surface area contributed by atoms with Crippen LogP contribution in [-0.2, 0) is 12.6 Å². The van der Waals surface area contributed by atoms with Crippen LogP contribution in [-0.4, -0.2) is 9.97 Å². The van der Waals surface area contributed by atoms with E-state index in [4.69, 9.17) is 0 Å². The number of hydrogen-bond acceptors (Lipinski definition) is 2. The van der Waals surface area contributed by atoms with E-state index >= 15 is 0 Å². The van der Waals surface area contributed by atoms with Crippen LogP contribution in [0.2, 0.25) is 0 Å². The Morgan fingerprint density at radius 1 is 1.20 bits per heavy atom. The highest BCUT2D eigenvalue weighted by molar-refractivity contribution is 5.20. The van der Waals surface area contributed by atoms with Crippen LogP contribution in [0.25, 0.3) is 0 Å². The summed E-state index contributed by atoms with van der Waals surface area (Å²) in [4.78, 5) is 6.93. The molecule has 0 spiro atoms. The summed E-state index contributed by atoms with van der Waals surface area (Å²) in [5.74, 6) is 0. The van der Waals surface area contributed by atoms with Crippen LogP contribution in [0.1, 0.15) is 32.0 Å². The quantitative estimate of drug-likeness (QED) is 0.723. The molecular weight excluding hydrogens is 205 g/mol. The summed E-state index contributed by atoms with van der Waals surface area (Å²) >= 11 is 0. The van der Waals surface area contributed by atoms with Crippen molar-refractivity contribution in [2.45, 2.75) is 33.4 Å². The lowest BCUT2D eigenvalue weighted by atomic mass is 9.88. The number of aromatic nitrogens is 2. The molecule has 1 aromatic rings. The largest absolute Gasteiger partial charge is 0.433 e. The van der Waals surface area contributed by atoms with Gasteiger partial charge in [-0.2, -0.15) is 13.2 Å². The summed E-state index contributed by atoms with van der Waals surface area (Å²) in [6.07, 6.45) is -1.93. The molecule has 0 N–H and O–H groups in total. The fraction of sp³-hybridized carbons (Fsp3) is 0.600. The van der Waals surface area contributed by atoms with Crippen molar-refractivity contribution in [2.75, 3.05) is 0 Å². The lowest BCUT2D eigenvalue weighted by Gasteiger charge is -2.20. The second kappa shape index (κ2) is 3.79. The average Bonchev–Trinajstić information content (AvgIpc) is 1.99. The first-order chi connectivity index (χ1) is 6.70. The van der Waals surface area contributed by atoms with Gasteiger partial charge in [0.05, 0.1) is 0 Å². The van der Waals surface area contributed by atoms with Gasteiger partial charge in [0.1, 0.15) is 6.33 Å². The molecule has 1 aromatic heterocycles. The Labute approximate surface area is 86.6 Å². The van der Waals surface area contributed by atoms with E-state index in [-0.39, 0.29) is 11.0 Å². The van der Waals surface area contributed by atoms with Crippen LogP contribution >= 0.6 is 0 Å². The Bertz CT molecular complexity index is 339. The summed E-state index contributed by atoms with van der Waals surface area (Å²) in [7, 11) is 0. The lowest BCUT2D eigenvalue weighted by Crippen LogP contribution is -2.17. The highest BCUT2D eigenvalue weighted by Crippen LogP contribution is 2.32. The van der Waals surface area contributed by atoms with Crippen molar-refractivity contribution in [1.82, 2.24) is 9.97 Å². The molecule has 84 valence electrons. The molecule has 0 atom stereocenters. The first kappa shape index (κ1) is 11.9. The van der Waals surface area contributed by atoms with Gasteiger partial charge in [-0.3, -0.25) is 0 Å². The van der Waals surface area contributed by atoms with Crippen LogP contribution in [0.15, 0.2) is 12.5 Å². The van der Waals surface area contributed by atoms with E-state index in [9.17, 15) is 13.2 Å². The number of rotatable bonds is 1. The van der Waals surface area contributed by atoms with Crippen molar-refractivity contribution in [3.8, 4) is 0 Å². The molecule has 0 saturated carbocycles. The van der Waals surface area contributed by atoms with Gasteiger partial charge in [-0.1, -0.05) is 20.8 Å². The third-order valence-electron chi connectivity index (χ3n) is 1.78. The monoisotopic (exact) mass is 218 g/mol. The standard InChI is InChI=1S/C10H13F3N2/c1-9(2,3)4-7-5-14-6-15-8(7)10(11,12)13/h5-6H,4H2,1-3H3. The minimum atomic E-state index is -4.40. The summed E-state index contributed by atoms with van der Waals surface area (Å²) < 4.78 is 37.6. The molecule has 0 aliphatic carbocycles. The molecule has 0 amide bonds. The van der Waals surface area contributed by atoms with Gasteiger partial charge in [-0.15, -0.1) is 0 Å². The van der Waals surface area contributed by atoms with Crippen LogP contribution in [0.5, 0.6) is 0 Å². The van der Waals surface area contributed by atoms with Crippen molar-refractivity contribution < 1.29 is 13.2 Å². The van der Waals surface area contributed by atoms with Gasteiger partial charge in [0.25, 0.3) is 0 Å². The molecule has 0 fully saturated rings. The maximum absolute atomic E-state index is 12.5. The molecule has 1 rings (SSSR count). The second-order valence-electron chi connectivity index (χ2n) is 4.63. The molecule has 0 unspecified atom stereocenters. The SMILES string of the molecule is CC(C)(C)Cc1cncnc1C(F)(F)F. The zero-order valence-corrected chi connectivity index (χ0v) is 8.89. The molecule has 2 nitrogen and oxygen atoms in total. The Hall–Kier alpha value is -1.13. The number of hydrogen-bond donors (Lipinski definition) is 0. The molecule has 5 heteroatoms. The highest BCUT2D eigenvalue weighted by atomic mass is 19.4. The minimum Gasteiger partial charge on any atom is -0.245 e. The van der Waals surface area contributed by atoms with Crippen LogP contribution in [0.3, 0.4) is 0 Å². The molecular formula is C10H13F3N2. The van der Waals surface area contributed by atoms with Gasteiger partial charge in [0, 0.05) is 11.8 Å². The average molecular weight is 218 g/mol. The van der Waals surface area contributed by atoms with Gasteiger partial charge < -0.3 is 0 Å². The zero-order valence-electron chi connectivity index (χ0n) is 8.89. The summed E-state index contributed by atoms with van der Waals surface area (Å²) in [6.45, 7) is 5.63. The predicted octanol–water partition coefficient (Wildman–Crippen LogP) is 3.08. The summed E-state index contributed by atoms with van der Waals surface area (Å²) in [5.41, 5.74) is -0.894. The Kier molecular flexibility index (Phi) is 3.02. The third kappa shape index (κ3) is 3.49. The third-order valence-corrected chi connectivity index (χ3v) is 1.78. The van der Waals surface area contributed by atoms with Gasteiger partial charge in [0.15, 0.2) is 5.69 Å². The Morgan fingerprint density at radius 2 is 1.80 bits per heavy atom. The van der Waals surface area contributed by atoms with Gasteiger partial charge in [0.2, 0.25) is 0 Å². The summed E-state index contributed by atoms with van der Waals surface area (Å²) in [5, 5.41) is 0. The molecule has 0 aliphatic heterocycles. The molecule has 0 aliphatic rings. The first-order valence-corrected chi connectivity index (χ1v) is 4.56. The zero-order chi connectivity index (χ0) is 11.7. The lowest BCUT2D eigenvalue weighted by molar-refractivity contribution is -0.142. The van der Waals surface area contributed by atoms with Gasteiger partial charge >= 0.3 is 6.18 Å². The smallest absolute Gasteiger partial charge is 0.245 e. The van der Waals surface area contributed by atoms with Gasteiger partial charge in [-0.25, -0.2) is 9.97 Å². The van der Waals surface area contributed by atoms with Crippen LogP contribution < -0.4 is 0 Å². The Morgan fingerprint density at radius 3 is 2.27 bits per heavy atom. The van der Waals surface area contributed by atoms with Crippen LogP contribution in [0, 0.1) is 5.41 Å². The molecule has 0 radical (unpaired) electrons. The fourth-order valence-corrected chi connectivity index (χ4v) is 1.31. The molecule has 0 saturated heterocycles. The van der Waals surface area contributed by atoms with Crippen molar-refractivity contribution >= 4 is 0 Å². The van der Waals surface area contributed by atoms with E-state index in [1.165, 1.54) is 6.20 Å². The topological polar surface area (TPSA) is 25.8 Å². The predicted molar refractivity (Wildman–Crippen MR) is 50.2 cm³/mol. The first-order valence-electron chi connectivity index (χ1n) is 4.56. The fourth-order valence-electron chi connectivity index (χ4n) is 1.31. The van der Waals surface area contributed by atoms with Crippen molar-refractivity contribution in [3.05, 3.63) is 23.8 Å². The molecule has 0 bridgehead atoms. The van der Waals surface area contributed by atoms with E-state index in [1.54, 1.807) is 0 Å². The second-order valence-corrected chi connectivity index (χ2v) is 4.63. The molecule has 1 heterocycles. The van der Waals surface area contributed by atoms with E-state index in [2.05, 4.69) is 9.97 Å². The van der Waals surface area contributed by atoms with E-state index < -0.39 is 11.9 Å². The van der Waals surface area contributed by atoms with E-state index in [0.29, 0.717) is 6.42 Å². The normalized spacial score (nSPS) is 12.9. The van der Waals surface area contributed by atoms with Gasteiger partial charge in [-0.05, 0) is 11.8 Å². The summed E-state index contributed by atoms with van der Waals surface area (Å²) in [6, 6.07) is 0. The highest BCUT2D eigenvalue weighted by Gasteiger charge is 2.36. The van der Waals surface area contributed by atoms with Crippen molar-refractivity contribution in [1.29, 1.82) is 0 Å². The maximum Gasteiger partial charge on any atom is 0.433 e. The van der Waals surface area contributed by atoms with E-state index in [1.807, 2.05) is 20.8 Å². The number of halogens is 3. The van der Waals surface area contributed by atoms with Crippen molar-refractivity contribution in [3.63, 3.8) is 0 Å². The van der Waals surface area contributed by atoms with Crippen molar-refractivity contribution in [2.24, 2.45) is 5.41 Å². The molecule has 15 heavy (non-hydrogen) atoms. The molecule has 0 aromatic carbocycles. The number of nitrogens with zero attached hydrogens (tertiary/aromatic N) is 2. The van der Waals surface area contributed by atoms with E-state index in [0.717, 1.165) is 6.33 Å². The maximum atomic E-state index is 12.5.